The average Bonchev–Trinajstić information content (AvgIpc) is 3.06. The molecule has 9 heteroatoms. The number of rotatable bonds is 4. The molecule has 0 N–H and O–H groups in total. The third-order valence-electron chi connectivity index (χ3n) is 3.73. The van der Waals surface area contributed by atoms with E-state index >= 15 is 0 Å². The fraction of sp³-hybridized carbons (Fsp3) is 0.235. The first-order valence-corrected chi connectivity index (χ1v) is 7.58. The molecule has 0 saturated heterocycles. The van der Waals surface area contributed by atoms with Gasteiger partial charge in [-0.3, -0.25) is 9.99 Å². The number of nitrogens with zero attached hydrogens (tertiary/aromatic N) is 3. The maximum absolute atomic E-state index is 12.3. The molecule has 1 atom stereocenters. The summed E-state index contributed by atoms with van der Waals surface area (Å²) in [6, 6.07) is 7.94. The maximum atomic E-state index is 12.3. The van der Waals surface area contributed by atoms with Gasteiger partial charge in [-0.1, -0.05) is 0 Å². The van der Waals surface area contributed by atoms with Crippen molar-refractivity contribution in [1.29, 1.82) is 0 Å². The number of aromatic nitrogens is 1. The highest BCUT2D eigenvalue weighted by molar-refractivity contribution is 6.06. The number of benzene rings is 1. The van der Waals surface area contributed by atoms with Crippen molar-refractivity contribution in [3.63, 3.8) is 0 Å². The van der Waals surface area contributed by atoms with Crippen molar-refractivity contribution in [1.82, 2.24) is 4.98 Å². The quantitative estimate of drug-likeness (QED) is 0.779. The van der Waals surface area contributed by atoms with Gasteiger partial charge >= 0.3 is 12.3 Å². The molecule has 2 heterocycles. The van der Waals surface area contributed by atoms with Crippen molar-refractivity contribution < 1.29 is 27.4 Å². The fourth-order valence-corrected chi connectivity index (χ4v) is 2.59. The zero-order chi connectivity index (χ0) is 18.7. The van der Waals surface area contributed by atoms with E-state index in [-0.39, 0.29) is 5.75 Å². The second-order valence-electron chi connectivity index (χ2n) is 5.41. The van der Waals surface area contributed by atoms with Crippen LogP contribution in [0.4, 0.5) is 18.9 Å². The molecule has 136 valence electrons. The van der Waals surface area contributed by atoms with Crippen molar-refractivity contribution >= 4 is 17.4 Å². The summed E-state index contributed by atoms with van der Waals surface area (Å²) in [5.41, 5.74) is 1.89. The third kappa shape index (κ3) is 3.93. The molecule has 0 radical (unpaired) electrons. The van der Waals surface area contributed by atoms with Crippen LogP contribution in [0.15, 0.2) is 53.9 Å². The summed E-state index contributed by atoms with van der Waals surface area (Å²) >= 11 is 0. The zero-order valence-corrected chi connectivity index (χ0v) is 13.6. The zero-order valence-electron chi connectivity index (χ0n) is 13.6. The van der Waals surface area contributed by atoms with Crippen LogP contribution in [0.25, 0.3) is 0 Å². The number of hydrogen-bond donors (Lipinski definition) is 0. The molecule has 6 nitrogen and oxygen atoms in total. The highest BCUT2D eigenvalue weighted by Crippen LogP contribution is 2.30. The van der Waals surface area contributed by atoms with E-state index in [0.717, 1.165) is 17.7 Å². The van der Waals surface area contributed by atoms with Gasteiger partial charge in [0.25, 0.3) is 0 Å². The van der Waals surface area contributed by atoms with Crippen LogP contribution in [0.1, 0.15) is 12.0 Å². The van der Waals surface area contributed by atoms with E-state index in [9.17, 15) is 18.0 Å². The Morgan fingerprint density at radius 1 is 1.15 bits per heavy atom. The summed E-state index contributed by atoms with van der Waals surface area (Å²) in [6.07, 6.45) is -1.25. The molecule has 3 rings (SSSR count). The summed E-state index contributed by atoms with van der Waals surface area (Å²) in [4.78, 5) is 16.0. The van der Waals surface area contributed by atoms with Crippen LogP contribution in [-0.4, -0.2) is 36.2 Å². The van der Waals surface area contributed by atoms with Crippen LogP contribution < -0.4 is 9.75 Å². The molecule has 0 spiro atoms. The Kier molecular flexibility index (Phi) is 4.79. The van der Waals surface area contributed by atoms with Crippen molar-refractivity contribution in [3.8, 4) is 5.75 Å². The van der Waals surface area contributed by atoms with Crippen LogP contribution in [0.3, 0.4) is 0 Å². The number of hydrazone groups is 1. The molecule has 1 aliphatic rings. The number of carbonyl (C=O) groups excluding carboxylic acids is 1. The number of halogens is 3. The lowest BCUT2D eigenvalue weighted by molar-refractivity contribution is -0.274. The lowest BCUT2D eigenvalue weighted by Gasteiger charge is -2.21. The maximum Gasteiger partial charge on any atom is 0.573 e. The van der Waals surface area contributed by atoms with E-state index in [4.69, 9.17) is 4.74 Å². The Hall–Kier alpha value is -3.10. The van der Waals surface area contributed by atoms with Gasteiger partial charge in [-0.2, -0.15) is 5.10 Å². The van der Waals surface area contributed by atoms with Crippen LogP contribution in [0.5, 0.6) is 5.75 Å². The lowest BCUT2D eigenvalue weighted by Crippen LogP contribution is -2.35. The van der Waals surface area contributed by atoms with E-state index in [0.29, 0.717) is 17.8 Å². The van der Waals surface area contributed by atoms with Gasteiger partial charge in [-0.25, -0.2) is 4.79 Å². The molecule has 2 aromatic rings. The SMILES string of the molecule is COC(=O)C1CC(c2ccncc2)=NN1c1ccc(OC(F)(F)F)cc1. The highest BCUT2D eigenvalue weighted by Gasteiger charge is 2.35. The largest absolute Gasteiger partial charge is 0.573 e. The number of carbonyl (C=O) groups is 1. The van der Waals surface area contributed by atoms with E-state index in [1.165, 1.54) is 24.3 Å². The van der Waals surface area contributed by atoms with Crippen LogP contribution in [-0.2, 0) is 9.53 Å². The van der Waals surface area contributed by atoms with Gasteiger partial charge in [0.15, 0.2) is 6.04 Å². The van der Waals surface area contributed by atoms with Gasteiger partial charge in [0.2, 0.25) is 0 Å². The van der Waals surface area contributed by atoms with Gasteiger partial charge in [0, 0.05) is 24.4 Å². The minimum Gasteiger partial charge on any atom is -0.467 e. The number of hydrogen-bond acceptors (Lipinski definition) is 6. The number of pyridine rings is 1. The van der Waals surface area contributed by atoms with Gasteiger partial charge in [-0.15, -0.1) is 13.2 Å². The standard InChI is InChI=1S/C17H14F3N3O3/c1-25-16(24)15-10-14(11-6-8-21-9-7-11)22-23(15)12-2-4-13(5-3-12)26-17(18,19)20/h2-9,15H,10H2,1H3. The Morgan fingerprint density at radius 2 is 1.81 bits per heavy atom. The molecule has 0 amide bonds. The van der Waals surface area contributed by atoms with Crippen molar-refractivity contribution in [2.24, 2.45) is 5.10 Å². The first kappa shape index (κ1) is 17.7. The minimum atomic E-state index is -4.77. The molecule has 0 fully saturated rings. The Labute approximate surface area is 146 Å². The normalized spacial score (nSPS) is 17.0. The topological polar surface area (TPSA) is 64.0 Å². The molecule has 1 aromatic carbocycles. The van der Waals surface area contributed by atoms with Crippen molar-refractivity contribution in [3.05, 3.63) is 54.4 Å². The van der Waals surface area contributed by atoms with Gasteiger partial charge in [-0.05, 0) is 36.4 Å². The molecule has 0 saturated carbocycles. The molecule has 1 unspecified atom stereocenters. The Morgan fingerprint density at radius 3 is 2.38 bits per heavy atom. The fourth-order valence-electron chi connectivity index (χ4n) is 2.59. The molecule has 1 aliphatic heterocycles. The summed E-state index contributed by atoms with van der Waals surface area (Å²) in [5.74, 6) is -0.846. The number of alkyl halides is 3. The predicted molar refractivity (Wildman–Crippen MR) is 86.8 cm³/mol. The monoisotopic (exact) mass is 365 g/mol. The molecule has 0 bridgehead atoms. The number of methoxy groups -OCH3 is 1. The Balaban J connectivity index is 1.89. The second-order valence-corrected chi connectivity index (χ2v) is 5.41. The number of ether oxygens (including phenoxy) is 2. The lowest BCUT2D eigenvalue weighted by atomic mass is 10.1. The molecule has 26 heavy (non-hydrogen) atoms. The molecular weight excluding hydrogens is 351 g/mol. The first-order chi connectivity index (χ1) is 12.4. The Bertz CT molecular complexity index is 807. The van der Waals surface area contributed by atoms with Crippen molar-refractivity contribution in [2.45, 2.75) is 18.8 Å². The smallest absolute Gasteiger partial charge is 0.467 e. The summed E-state index contributed by atoms with van der Waals surface area (Å²) in [6.45, 7) is 0. The summed E-state index contributed by atoms with van der Waals surface area (Å²) in [5, 5.41) is 5.87. The van der Waals surface area contributed by atoms with Crippen LogP contribution in [0, 0.1) is 0 Å². The molecular formula is C17H14F3N3O3. The van der Waals surface area contributed by atoms with Crippen LogP contribution in [0.2, 0.25) is 0 Å². The predicted octanol–water partition coefficient (Wildman–Crippen LogP) is 3.14. The van der Waals surface area contributed by atoms with Gasteiger partial charge in [0.1, 0.15) is 5.75 Å². The minimum absolute atomic E-state index is 0.303. The van der Waals surface area contributed by atoms with E-state index in [1.54, 1.807) is 24.5 Å². The second kappa shape index (κ2) is 7.03. The first-order valence-electron chi connectivity index (χ1n) is 7.58. The highest BCUT2D eigenvalue weighted by atomic mass is 19.4. The van der Waals surface area contributed by atoms with Gasteiger partial charge in [0.05, 0.1) is 18.5 Å². The molecule has 1 aromatic heterocycles. The van der Waals surface area contributed by atoms with Crippen LogP contribution >= 0.6 is 0 Å². The number of anilines is 1. The van der Waals surface area contributed by atoms with Crippen molar-refractivity contribution in [2.75, 3.05) is 12.1 Å². The number of esters is 1. The van der Waals surface area contributed by atoms with E-state index in [2.05, 4.69) is 14.8 Å². The average molecular weight is 365 g/mol. The molecule has 0 aliphatic carbocycles. The summed E-state index contributed by atoms with van der Waals surface area (Å²) < 4.78 is 45.5. The van der Waals surface area contributed by atoms with E-state index < -0.39 is 18.4 Å². The van der Waals surface area contributed by atoms with Gasteiger partial charge < -0.3 is 9.47 Å². The summed E-state index contributed by atoms with van der Waals surface area (Å²) in [7, 11) is 1.27. The van der Waals surface area contributed by atoms with E-state index in [1.807, 2.05) is 0 Å². The third-order valence-corrected chi connectivity index (χ3v) is 3.73.